The smallest absolute Gasteiger partial charge is 0.148 e. The molecule has 4 rings (SSSR count). The van der Waals surface area contributed by atoms with E-state index < -0.39 is 0 Å². The molecule has 2 aromatic heterocycles. The molecule has 1 aromatic carbocycles. The van der Waals surface area contributed by atoms with E-state index in [0.29, 0.717) is 11.6 Å². The van der Waals surface area contributed by atoms with Crippen molar-refractivity contribution < 1.29 is 0 Å². The first kappa shape index (κ1) is 16.3. The molecule has 3 heterocycles. The van der Waals surface area contributed by atoms with Crippen molar-refractivity contribution in [2.75, 3.05) is 37.6 Å². The van der Waals surface area contributed by atoms with E-state index in [1.807, 2.05) is 18.3 Å². The lowest BCUT2D eigenvalue weighted by molar-refractivity contribution is 0.585. The van der Waals surface area contributed by atoms with Gasteiger partial charge in [-0.2, -0.15) is 0 Å². The number of imidazole rings is 1. The number of aromatic nitrogens is 3. The molecule has 0 unspecified atom stereocenters. The van der Waals surface area contributed by atoms with Crippen molar-refractivity contribution >= 4 is 28.3 Å². The molecule has 0 spiro atoms. The highest BCUT2D eigenvalue weighted by Crippen LogP contribution is 2.30. The Morgan fingerprint density at radius 1 is 1.20 bits per heavy atom. The molecular weight excluding hydrogens is 336 g/mol. The van der Waals surface area contributed by atoms with Gasteiger partial charge in [-0.3, -0.25) is 0 Å². The van der Waals surface area contributed by atoms with Crippen molar-refractivity contribution in [3.8, 4) is 11.3 Å². The van der Waals surface area contributed by atoms with Crippen molar-refractivity contribution in [2.45, 2.75) is 6.42 Å². The Balaban J connectivity index is 1.68. The number of fused-ring (bicyclic) bond motifs is 1. The molecule has 0 aliphatic carbocycles. The average molecular weight is 357 g/mol. The van der Waals surface area contributed by atoms with Gasteiger partial charge in [-0.1, -0.05) is 17.7 Å². The number of nitrogens with two attached hydrogens (primary N) is 1. The van der Waals surface area contributed by atoms with Gasteiger partial charge in [0.25, 0.3) is 0 Å². The summed E-state index contributed by atoms with van der Waals surface area (Å²) in [7, 11) is 0. The lowest BCUT2D eigenvalue weighted by Gasteiger charge is -2.29. The number of rotatable bonds is 4. The van der Waals surface area contributed by atoms with Crippen LogP contribution in [0.5, 0.6) is 0 Å². The second-order valence-electron chi connectivity index (χ2n) is 6.22. The van der Waals surface area contributed by atoms with Gasteiger partial charge in [0.1, 0.15) is 11.6 Å². The minimum Gasteiger partial charge on any atom is -0.353 e. The first-order valence-corrected chi connectivity index (χ1v) is 8.92. The third-order valence-corrected chi connectivity index (χ3v) is 4.76. The molecule has 0 radical (unpaired) electrons. The van der Waals surface area contributed by atoms with Crippen LogP contribution in [-0.4, -0.2) is 47.7 Å². The summed E-state index contributed by atoms with van der Waals surface area (Å²) in [4.78, 5) is 14.7. The van der Waals surface area contributed by atoms with Crippen LogP contribution in [0.3, 0.4) is 0 Å². The molecule has 0 amide bonds. The van der Waals surface area contributed by atoms with Crippen LogP contribution in [-0.2, 0) is 6.42 Å². The van der Waals surface area contributed by atoms with Gasteiger partial charge in [0.05, 0.1) is 22.4 Å². The third-order valence-electron chi connectivity index (χ3n) is 4.49. The summed E-state index contributed by atoms with van der Waals surface area (Å²) < 4.78 is 0. The highest BCUT2D eigenvalue weighted by Gasteiger charge is 2.16. The largest absolute Gasteiger partial charge is 0.353 e. The fourth-order valence-corrected chi connectivity index (χ4v) is 3.46. The van der Waals surface area contributed by atoms with Gasteiger partial charge < -0.3 is 20.9 Å². The monoisotopic (exact) mass is 356 g/mol. The molecule has 130 valence electrons. The number of H-pyrrole nitrogens is 1. The molecule has 1 aliphatic rings. The van der Waals surface area contributed by atoms with Crippen molar-refractivity contribution in [1.29, 1.82) is 0 Å². The van der Waals surface area contributed by atoms with Crippen molar-refractivity contribution in [1.82, 2.24) is 20.3 Å². The molecular formula is C18H21ClN6. The summed E-state index contributed by atoms with van der Waals surface area (Å²) in [5.41, 5.74) is 8.58. The van der Waals surface area contributed by atoms with Crippen LogP contribution in [0.15, 0.2) is 30.5 Å². The number of nitrogens with one attached hydrogen (secondary N) is 2. The fraction of sp³-hybridized carbons (Fsp3) is 0.333. The number of pyridine rings is 1. The average Bonchev–Trinajstić information content (AvgIpc) is 3.10. The van der Waals surface area contributed by atoms with E-state index in [1.54, 1.807) is 0 Å². The summed E-state index contributed by atoms with van der Waals surface area (Å²) in [6.45, 7) is 4.35. The molecule has 7 heteroatoms. The maximum atomic E-state index is 6.52. The minimum absolute atomic E-state index is 0.582. The Bertz CT molecular complexity index is 884. The Morgan fingerprint density at radius 2 is 2.04 bits per heavy atom. The lowest BCUT2D eigenvalue weighted by Crippen LogP contribution is -2.44. The van der Waals surface area contributed by atoms with Gasteiger partial charge in [0, 0.05) is 43.5 Å². The molecule has 1 aliphatic heterocycles. The van der Waals surface area contributed by atoms with Gasteiger partial charge in [-0.05, 0) is 24.7 Å². The number of benzene rings is 1. The SMILES string of the molecule is NCCc1ncc(-c2ccc3nc(N4CCNCC4)c(Cl)cc3c2)[nH]1. The molecule has 3 aromatic rings. The van der Waals surface area contributed by atoms with E-state index in [-0.39, 0.29) is 0 Å². The van der Waals surface area contributed by atoms with Crippen LogP contribution in [0.25, 0.3) is 22.2 Å². The normalized spacial score (nSPS) is 15.0. The summed E-state index contributed by atoms with van der Waals surface area (Å²) in [5, 5.41) is 5.07. The first-order chi connectivity index (χ1) is 12.2. The Kier molecular flexibility index (Phi) is 4.57. The quantitative estimate of drug-likeness (QED) is 0.667. The molecule has 4 N–H and O–H groups in total. The number of hydrogen-bond acceptors (Lipinski definition) is 5. The molecule has 1 fully saturated rings. The number of halogens is 1. The van der Waals surface area contributed by atoms with Crippen LogP contribution >= 0.6 is 11.6 Å². The number of hydrogen-bond donors (Lipinski definition) is 3. The van der Waals surface area contributed by atoms with Gasteiger partial charge in [-0.15, -0.1) is 0 Å². The summed E-state index contributed by atoms with van der Waals surface area (Å²) in [6.07, 6.45) is 2.59. The van der Waals surface area contributed by atoms with Crippen molar-refractivity contribution in [3.63, 3.8) is 0 Å². The van der Waals surface area contributed by atoms with Gasteiger partial charge in [0.2, 0.25) is 0 Å². The second-order valence-corrected chi connectivity index (χ2v) is 6.63. The topological polar surface area (TPSA) is 82.9 Å². The van der Waals surface area contributed by atoms with Gasteiger partial charge >= 0.3 is 0 Å². The van der Waals surface area contributed by atoms with E-state index in [9.17, 15) is 0 Å². The molecule has 0 bridgehead atoms. The van der Waals surface area contributed by atoms with Crippen LogP contribution in [0.2, 0.25) is 5.02 Å². The van der Waals surface area contributed by atoms with Crippen LogP contribution < -0.4 is 16.0 Å². The number of nitrogens with zero attached hydrogens (tertiary/aromatic N) is 3. The molecule has 25 heavy (non-hydrogen) atoms. The van der Waals surface area contributed by atoms with E-state index in [4.69, 9.17) is 22.3 Å². The van der Waals surface area contributed by atoms with Gasteiger partial charge in [-0.25, -0.2) is 9.97 Å². The highest BCUT2D eigenvalue weighted by atomic mass is 35.5. The van der Waals surface area contributed by atoms with Gasteiger partial charge in [0.15, 0.2) is 0 Å². The maximum absolute atomic E-state index is 6.52. The minimum atomic E-state index is 0.582. The Labute approximate surface area is 151 Å². The molecule has 0 saturated carbocycles. The summed E-state index contributed by atoms with van der Waals surface area (Å²) >= 11 is 6.52. The van der Waals surface area contributed by atoms with Crippen molar-refractivity contribution in [2.24, 2.45) is 5.73 Å². The van der Waals surface area contributed by atoms with E-state index in [1.165, 1.54) is 0 Å². The zero-order valence-corrected chi connectivity index (χ0v) is 14.7. The summed E-state index contributed by atoms with van der Waals surface area (Å²) in [5.74, 6) is 1.78. The van der Waals surface area contributed by atoms with Crippen molar-refractivity contribution in [3.05, 3.63) is 41.3 Å². The van der Waals surface area contributed by atoms with Crippen LogP contribution in [0, 0.1) is 0 Å². The molecule has 6 nitrogen and oxygen atoms in total. The first-order valence-electron chi connectivity index (χ1n) is 8.55. The predicted molar refractivity (Wildman–Crippen MR) is 102 cm³/mol. The fourth-order valence-electron chi connectivity index (χ4n) is 3.18. The Hall–Kier alpha value is -2.15. The molecule has 0 atom stereocenters. The third kappa shape index (κ3) is 3.33. The maximum Gasteiger partial charge on any atom is 0.148 e. The summed E-state index contributed by atoms with van der Waals surface area (Å²) in [6, 6.07) is 8.19. The van der Waals surface area contributed by atoms with E-state index >= 15 is 0 Å². The number of aromatic amines is 1. The van der Waals surface area contributed by atoms with E-state index in [0.717, 1.165) is 66.4 Å². The van der Waals surface area contributed by atoms with Crippen LogP contribution in [0.1, 0.15) is 5.82 Å². The second kappa shape index (κ2) is 7.00. The lowest BCUT2D eigenvalue weighted by atomic mass is 10.1. The number of anilines is 1. The zero-order valence-electron chi connectivity index (χ0n) is 13.9. The van der Waals surface area contributed by atoms with E-state index in [2.05, 4.69) is 32.3 Å². The predicted octanol–water partition coefficient (Wildman–Crippen LogP) is 2.19. The Morgan fingerprint density at radius 3 is 2.84 bits per heavy atom. The zero-order chi connectivity index (χ0) is 17.2. The van der Waals surface area contributed by atoms with Crippen LogP contribution in [0.4, 0.5) is 5.82 Å². The highest BCUT2D eigenvalue weighted by molar-refractivity contribution is 6.33. The number of piperazine rings is 1. The standard InChI is InChI=1S/C18H21ClN6/c19-14-10-13-9-12(16-11-22-17(23-16)3-4-20)1-2-15(13)24-18(14)25-7-5-21-6-8-25/h1-2,9-11,21H,3-8,20H2,(H,22,23). The molecule has 1 saturated heterocycles.